The van der Waals surface area contributed by atoms with E-state index in [0.717, 1.165) is 0 Å². The summed E-state index contributed by atoms with van der Waals surface area (Å²) >= 11 is 8.46. The number of rotatable bonds is 7. The molecule has 2 amide bonds. The van der Waals surface area contributed by atoms with Gasteiger partial charge < -0.3 is 15.2 Å². The lowest BCUT2D eigenvalue weighted by molar-refractivity contribution is -0.113. The molecule has 0 radical (unpaired) electrons. The molecule has 1 aromatic carbocycles. The second kappa shape index (κ2) is 9.18. The van der Waals surface area contributed by atoms with Crippen LogP contribution >= 0.6 is 34.7 Å². The second-order valence-electron chi connectivity index (χ2n) is 5.78. The molecule has 3 aromatic rings. The molecule has 0 bridgehead atoms. The maximum atomic E-state index is 12.3. The summed E-state index contributed by atoms with van der Waals surface area (Å²) in [6.07, 6.45) is 1.63. The minimum Gasteiger partial charge on any atom is -0.342 e. The fourth-order valence-electron chi connectivity index (χ4n) is 2.35. The molecular formula is C17H17ClN6O2S2. The second-order valence-corrected chi connectivity index (χ2v) is 8.05. The molecule has 2 heterocycles. The number of anilines is 1. The summed E-state index contributed by atoms with van der Waals surface area (Å²) in [5.41, 5.74) is 0.506. The van der Waals surface area contributed by atoms with Crippen molar-refractivity contribution in [3.63, 3.8) is 0 Å². The van der Waals surface area contributed by atoms with Gasteiger partial charge in [-0.2, -0.15) is 0 Å². The van der Waals surface area contributed by atoms with E-state index in [-0.39, 0.29) is 23.6 Å². The van der Waals surface area contributed by atoms with Gasteiger partial charge in [0.15, 0.2) is 16.1 Å². The van der Waals surface area contributed by atoms with Crippen LogP contribution in [0.2, 0.25) is 5.02 Å². The summed E-state index contributed by atoms with van der Waals surface area (Å²) in [5, 5.41) is 17.3. The van der Waals surface area contributed by atoms with Gasteiger partial charge in [0, 0.05) is 29.2 Å². The van der Waals surface area contributed by atoms with Crippen molar-refractivity contribution >= 4 is 51.6 Å². The van der Waals surface area contributed by atoms with Crippen LogP contribution in [0.3, 0.4) is 0 Å². The van der Waals surface area contributed by atoms with Gasteiger partial charge in [0.25, 0.3) is 5.91 Å². The summed E-state index contributed by atoms with van der Waals surface area (Å²) < 4.78 is 1.76. The van der Waals surface area contributed by atoms with E-state index in [1.54, 1.807) is 47.5 Å². The molecule has 0 saturated carbocycles. The lowest BCUT2D eigenvalue weighted by Gasteiger charge is -2.13. The van der Waals surface area contributed by atoms with Crippen molar-refractivity contribution in [1.82, 2.24) is 25.1 Å². The monoisotopic (exact) mass is 436 g/mol. The first kappa shape index (κ1) is 20.3. The lowest BCUT2D eigenvalue weighted by atomic mass is 10.2. The van der Waals surface area contributed by atoms with Crippen molar-refractivity contribution in [3.05, 3.63) is 52.3 Å². The number of halogens is 1. The molecule has 0 spiro atoms. The number of thioether (sulfide) groups is 1. The highest BCUT2D eigenvalue weighted by Gasteiger charge is 2.19. The molecule has 1 atom stereocenters. The normalized spacial score (nSPS) is 11.8. The maximum Gasteiger partial charge on any atom is 0.251 e. The Hall–Kier alpha value is -2.43. The number of amides is 2. The van der Waals surface area contributed by atoms with Crippen molar-refractivity contribution < 1.29 is 9.59 Å². The molecule has 0 aliphatic carbocycles. The molecule has 8 nitrogen and oxygen atoms in total. The average molecular weight is 437 g/mol. The van der Waals surface area contributed by atoms with Crippen LogP contribution < -0.4 is 10.6 Å². The molecule has 11 heteroatoms. The average Bonchev–Trinajstić information content (AvgIpc) is 3.30. The number of nitrogens with zero attached hydrogens (tertiary/aromatic N) is 4. The predicted molar refractivity (Wildman–Crippen MR) is 110 cm³/mol. The minimum atomic E-state index is -0.362. The number of benzene rings is 1. The van der Waals surface area contributed by atoms with Gasteiger partial charge in [0.05, 0.1) is 11.8 Å². The number of hydrogen-bond acceptors (Lipinski definition) is 7. The van der Waals surface area contributed by atoms with Crippen LogP contribution in [0.1, 0.15) is 29.1 Å². The first-order valence-corrected chi connectivity index (χ1v) is 10.5. The maximum absolute atomic E-state index is 12.3. The number of thiazole rings is 1. The van der Waals surface area contributed by atoms with Crippen LogP contribution in [0.4, 0.5) is 5.13 Å². The third-order valence-electron chi connectivity index (χ3n) is 3.72. The van der Waals surface area contributed by atoms with Gasteiger partial charge in [-0.15, -0.1) is 21.5 Å². The summed E-state index contributed by atoms with van der Waals surface area (Å²) in [6.45, 7) is 1.82. The third kappa shape index (κ3) is 5.09. The lowest BCUT2D eigenvalue weighted by Crippen LogP contribution is -2.28. The predicted octanol–water partition coefficient (Wildman–Crippen LogP) is 3.15. The zero-order chi connectivity index (χ0) is 20.1. The van der Waals surface area contributed by atoms with Crippen LogP contribution in [0.15, 0.2) is 41.0 Å². The van der Waals surface area contributed by atoms with E-state index in [1.807, 2.05) is 6.92 Å². The highest BCUT2D eigenvalue weighted by Crippen LogP contribution is 2.20. The van der Waals surface area contributed by atoms with Crippen molar-refractivity contribution in [2.45, 2.75) is 18.1 Å². The molecule has 28 heavy (non-hydrogen) atoms. The molecule has 0 aliphatic rings. The largest absolute Gasteiger partial charge is 0.342 e. The van der Waals surface area contributed by atoms with E-state index in [9.17, 15) is 9.59 Å². The van der Waals surface area contributed by atoms with Crippen LogP contribution in [-0.2, 0) is 11.8 Å². The molecule has 2 aromatic heterocycles. The zero-order valence-corrected chi connectivity index (χ0v) is 17.4. The van der Waals surface area contributed by atoms with Gasteiger partial charge in [-0.3, -0.25) is 9.59 Å². The fraction of sp³-hybridized carbons (Fsp3) is 0.235. The molecule has 0 unspecified atom stereocenters. The van der Waals surface area contributed by atoms with Crippen LogP contribution in [0.5, 0.6) is 0 Å². The topological polar surface area (TPSA) is 102 Å². The highest BCUT2D eigenvalue weighted by molar-refractivity contribution is 7.99. The summed E-state index contributed by atoms with van der Waals surface area (Å²) in [7, 11) is 1.79. The van der Waals surface area contributed by atoms with E-state index in [1.165, 1.54) is 23.1 Å². The van der Waals surface area contributed by atoms with E-state index < -0.39 is 0 Å². The summed E-state index contributed by atoms with van der Waals surface area (Å²) in [6, 6.07) is 6.27. The molecule has 0 saturated heterocycles. The molecule has 0 fully saturated rings. The van der Waals surface area contributed by atoms with Gasteiger partial charge in [0.2, 0.25) is 5.91 Å². The van der Waals surface area contributed by atoms with Gasteiger partial charge in [-0.1, -0.05) is 23.4 Å². The number of hydrogen-bond donors (Lipinski definition) is 2. The Morgan fingerprint density at radius 1 is 1.29 bits per heavy atom. The highest BCUT2D eigenvalue weighted by atomic mass is 35.5. The number of nitrogens with one attached hydrogen (secondary N) is 2. The Morgan fingerprint density at radius 3 is 2.71 bits per heavy atom. The minimum absolute atomic E-state index is 0.173. The quantitative estimate of drug-likeness (QED) is 0.551. The Balaban J connectivity index is 1.57. The van der Waals surface area contributed by atoms with Crippen molar-refractivity contribution in [2.75, 3.05) is 11.1 Å². The Kier molecular flexibility index (Phi) is 6.65. The SMILES string of the molecule is C[C@H](NC(=O)c1ccc(Cl)cc1)c1nnc(SCC(=O)Nc2nccs2)n1C. The van der Waals surface area contributed by atoms with Crippen molar-refractivity contribution in [2.24, 2.45) is 7.05 Å². The van der Waals surface area contributed by atoms with Crippen LogP contribution in [0, 0.1) is 0 Å². The fourth-order valence-corrected chi connectivity index (χ4v) is 3.73. The van der Waals surface area contributed by atoms with E-state index in [4.69, 9.17) is 11.6 Å². The summed E-state index contributed by atoms with van der Waals surface area (Å²) in [5.74, 6) is 0.361. The Labute approximate surface area is 174 Å². The van der Waals surface area contributed by atoms with Crippen LogP contribution in [-0.4, -0.2) is 37.3 Å². The smallest absolute Gasteiger partial charge is 0.251 e. The van der Waals surface area contributed by atoms with Crippen molar-refractivity contribution in [1.29, 1.82) is 0 Å². The Bertz CT molecular complexity index is 959. The standard InChI is InChI=1S/C17H17ClN6O2S2/c1-10(20-15(26)11-3-5-12(18)6-4-11)14-22-23-17(24(14)2)28-9-13(25)21-16-19-7-8-27-16/h3-8,10H,9H2,1-2H3,(H,20,26)(H,19,21,25)/t10-/m0/s1. The first-order chi connectivity index (χ1) is 13.4. The molecule has 146 valence electrons. The van der Waals surface area contributed by atoms with E-state index in [0.29, 0.717) is 26.7 Å². The van der Waals surface area contributed by atoms with Gasteiger partial charge in [-0.25, -0.2) is 4.98 Å². The number of carbonyl (C=O) groups is 2. The third-order valence-corrected chi connectivity index (χ3v) is 5.68. The molecule has 0 aliphatic heterocycles. The van der Waals surface area contributed by atoms with Gasteiger partial charge >= 0.3 is 0 Å². The molecule has 3 rings (SSSR count). The van der Waals surface area contributed by atoms with E-state index in [2.05, 4.69) is 25.8 Å². The Morgan fingerprint density at radius 2 is 2.04 bits per heavy atom. The molecule has 2 N–H and O–H groups in total. The van der Waals surface area contributed by atoms with Gasteiger partial charge in [-0.05, 0) is 31.2 Å². The molecular weight excluding hydrogens is 420 g/mol. The number of aromatic nitrogens is 4. The summed E-state index contributed by atoms with van der Waals surface area (Å²) in [4.78, 5) is 28.3. The van der Waals surface area contributed by atoms with E-state index >= 15 is 0 Å². The zero-order valence-electron chi connectivity index (χ0n) is 15.0. The van der Waals surface area contributed by atoms with Gasteiger partial charge in [0.1, 0.15) is 0 Å². The first-order valence-electron chi connectivity index (χ1n) is 8.22. The van der Waals surface area contributed by atoms with Crippen molar-refractivity contribution in [3.8, 4) is 0 Å². The number of carbonyl (C=O) groups excluding carboxylic acids is 2. The van der Waals surface area contributed by atoms with Crippen LogP contribution in [0.25, 0.3) is 0 Å².